The molecule has 3 atom stereocenters. The summed E-state index contributed by atoms with van der Waals surface area (Å²) < 4.78 is 16.6. The van der Waals surface area contributed by atoms with Crippen molar-refractivity contribution in [1.29, 1.82) is 0 Å². The monoisotopic (exact) mass is 196 g/mol. The summed E-state index contributed by atoms with van der Waals surface area (Å²) in [5.41, 5.74) is -0.636. The Hall–Kier alpha value is -0.710. The van der Waals surface area contributed by atoms with E-state index >= 15 is 0 Å². The van der Waals surface area contributed by atoms with Crippen molar-refractivity contribution in [2.75, 3.05) is 13.2 Å². The summed E-state index contributed by atoms with van der Waals surface area (Å²) in [5.74, 6) is -0.124. The Kier molecular flexibility index (Phi) is 1.77. The second kappa shape index (κ2) is 2.89. The standard InChI is InChI=1S/C10H12O4/c11-6-7-5-8-1-2-10(7,14-8)9-12-3-4-13-9/h1-2,6-9H,3-5H2/t7-,8-,10+/m1/s1. The highest BCUT2D eigenvalue weighted by atomic mass is 16.7. The molecule has 0 aromatic heterocycles. The number of fused-ring (bicyclic) bond motifs is 2. The number of carbonyl (C=O) groups excluding carboxylic acids is 1. The van der Waals surface area contributed by atoms with Gasteiger partial charge in [0, 0.05) is 0 Å². The molecular weight excluding hydrogens is 184 g/mol. The van der Waals surface area contributed by atoms with Crippen molar-refractivity contribution in [2.24, 2.45) is 5.92 Å². The first-order valence-electron chi connectivity index (χ1n) is 4.91. The molecule has 0 aromatic rings. The highest BCUT2D eigenvalue weighted by molar-refractivity contribution is 5.59. The third-order valence-electron chi connectivity index (χ3n) is 3.15. The number of hydrogen-bond donors (Lipinski definition) is 0. The van der Waals surface area contributed by atoms with Crippen LogP contribution < -0.4 is 0 Å². The van der Waals surface area contributed by atoms with Crippen molar-refractivity contribution in [3.8, 4) is 0 Å². The Morgan fingerprint density at radius 1 is 1.36 bits per heavy atom. The molecule has 4 heteroatoms. The van der Waals surface area contributed by atoms with Crippen LogP contribution in [0.3, 0.4) is 0 Å². The van der Waals surface area contributed by atoms with Crippen molar-refractivity contribution in [1.82, 2.24) is 0 Å². The van der Waals surface area contributed by atoms with Gasteiger partial charge in [-0.15, -0.1) is 0 Å². The lowest BCUT2D eigenvalue weighted by molar-refractivity contribution is -0.177. The zero-order chi connectivity index (χ0) is 9.60. The van der Waals surface area contributed by atoms with Gasteiger partial charge >= 0.3 is 0 Å². The van der Waals surface area contributed by atoms with Crippen LogP contribution in [0.5, 0.6) is 0 Å². The van der Waals surface area contributed by atoms with Crippen LogP contribution in [0.15, 0.2) is 12.2 Å². The van der Waals surface area contributed by atoms with E-state index in [1.807, 2.05) is 12.2 Å². The fourth-order valence-electron chi connectivity index (χ4n) is 2.46. The predicted octanol–water partition coefficient (Wildman–Crippen LogP) is 0.272. The SMILES string of the molecule is O=C[C@H]1C[C@H]2C=C[C@]1(C1OCCO1)O2. The third-order valence-corrected chi connectivity index (χ3v) is 3.15. The van der Waals surface area contributed by atoms with Crippen molar-refractivity contribution < 1.29 is 19.0 Å². The van der Waals surface area contributed by atoms with Gasteiger partial charge in [0.15, 0.2) is 6.29 Å². The normalized spacial score (nSPS) is 46.3. The molecule has 3 aliphatic heterocycles. The molecule has 0 saturated carbocycles. The van der Waals surface area contributed by atoms with Gasteiger partial charge in [0.05, 0.1) is 25.2 Å². The Morgan fingerprint density at radius 3 is 2.79 bits per heavy atom. The van der Waals surface area contributed by atoms with Crippen LogP contribution in [0.4, 0.5) is 0 Å². The average molecular weight is 196 g/mol. The molecule has 4 nitrogen and oxygen atoms in total. The maximum atomic E-state index is 10.9. The van der Waals surface area contributed by atoms with E-state index < -0.39 is 11.9 Å². The largest absolute Gasteiger partial charge is 0.358 e. The molecule has 0 amide bonds. The quantitative estimate of drug-likeness (QED) is 0.470. The molecule has 0 aromatic carbocycles. The van der Waals surface area contributed by atoms with Crippen LogP contribution in [-0.2, 0) is 19.0 Å². The first-order valence-corrected chi connectivity index (χ1v) is 4.91. The van der Waals surface area contributed by atoms with Crippen LogP contribution >= 0.6 is 0 Å². The summed E-state index contributed by atoms with van der Waals surface area (Å²) >= 11 is 0. The van der Waals surface area contributed by atoms with Gasteiger partial charge in [0.2, 0.25) is 0 Å². The summed E-state index contributed by atoms with van der Waals surface area (Å²) in [7, 11) is 0. The Balaban J connectivity index is 1.92. The summed E-state index contributed by atoms with van der Waals surface area (Å²) in [6.45, 7) is 1.17. The smallest absolute Gasteiger partial charge is 0.191 e. The van der Waals surface area contributed by atoms with E-state index in [1.165, 1.54) is 0 Å². The lowest BCUT2D eigenvalue weighted by Crippen LogP contribution is -2.46. The van der Waals surface area contributed by atoms with Crippen LogP contribution in [0.2, 0.25) is 0 Å². The van der Waals surface area contributed by atoms with Crippen LogP contribution in [0.1, 0.15) is 6.42 Å². The highest BCUT2D eigenvalue weighted by Gasteiger charge is 2.57. The van der Waals surface area contributed by atoms with Gasteiger partial charge in [-0.1, -0.05) is 6.08 Å². The summed E-state index contributed by atoms with van der Waals surface area (Å²) in [6.07, 6.45) is 5.29. The molecule has 2 bridgehead atoms. The van der Waals surface area contributed by atoms with E-state index in [1.54, 1.807) is 0 Å². The molecule has 2 saturated heterocycles. The Bertz CT molecular complexity index is 282. The second-order valence-corrected chi connectivity index (χ2v) is 3.92. The molecule has 0 aliphatic carbocycles. The first kappa shape index (κ1) is 8.59. The first-order chi connectivity index (χ1) is 6.85. The van der Waals surface area contributed by atoms with Gasteiger partial charge < -0.3 is 19.0 Å². The van der Waals surface area contributed by atoms with Gasteiger partial charge in [-0.3, -0.25) is 0 Å². The van der Waals surface area contributed by atoms with Crippen molar-refractivity contribution in [3.05, 3.63) is 12.2 Å². The van der Waals surface area contributed by atoms with Crippen LogP contribution in [-0.4, -0.2) is 37.5 Å². The molecule has 76 valence electrons. The van der Waals surface area contributed by atoms with E-state index in [0.29, 0.717) is 13.2 Å². The fraction of sp³-hybridized carbons (Fsp3) is 0.700. The molecule has 0 unspecified atom stereocenters. The van der Waals surface area contributed by atoms with E-state index in [-0.39, 0.29) is 12.0 Å². The maximum absolute atomic E-state index is 10.9. The van der Waals surface area contributed by atoms with Gasteiger partial charge in [0.25, 0.3) is 0 Å². The lowest BCUT2D eigenvalue weighted by Gasteiger charge is -2.31. The van der Waals surface area contributed by atoms with Gasteiger partial charge in [-0.25, -0.2) is 0 Å². The average Bonchev–Trinajstić information content (AvgIpc) is 2.92. The third kappa shape index (κ3) is 0.960. The predicted molar refractivity (Wildman–Crippen MR) is 46.6 cm³/mol. The van der Waals surface area contributed by atoms with Crippen LogP contribution in [0.25, 0.3) is 0 Å². The zero-order valence-corrected chi connectivity index (χ0v) is 7.72. The second-order valence-electron chi connectivity index (χ2n) is 3.92. The zero-order valence-electron chi connectivity index (χ0n) is 7.72. The topological polar surface area (TPSA) is 44.8 Å². The molecule has 3 rings (SSSR count). The molecule has 3 aliphatic rings. The van der Waals surface area contributed by atoms with Gasteiger partial charge in [-0.05, 0) is 12.5 Å². The number of hydrogen-bond acceptors (Lipinski definition) is 4. The molecule has 3 heterocycles. The summed E-state index contributed by atoms with van der Waals surface area (Å²) in [6, 6.07) is 0. The molecule has 0 spiro atoms. The molecule has 2 fully saturated rings. The van der Waals surface area contributed by atoms with Crippen LogP contribution in [0, 0.1) is 5.92 Å². The van der Waals surface area contributed by atoms with E-state index in [9.17, 15) is 4.79 Å². The highest BCUT2D eigenvalue weighted by Crippen LogP contribution is 2.46. The summed E-state index contributed by atoms with van der Waals surface area (Å²) in [5, 5.41) is 0. The minimum absolute atomic E-state index is 0.0676. The lowest BCUT2D eigenvalue weighted by atomic mass is 9.83. The number of aldehydes is 1. The number of ether oxygens (including phenoxy) is 3. The number of carbonyl (C=O) groups is 1. The van der Waals surface area contributed by atoms with Crippen molar-refractivity contribution in [3.63, 3.8) is 0 Å². The summed E-state index contributed by atoms with van der Waals surface area (Å²) in [4.78, 5) is 10.9. The number of rotatable bonds is 2. The fourth-order valence-corrected chi connectivity index (χ4v) is 2.46. The minimum Gasteiger partial charge on any atom is -0.358 e. The molecule has 0 N–H and O–H groups in total. The van der Waals surface area contributed by atoms with Crippen molar-refractivity contribution in [2.45, 2.75) is 24.4 Å². The Morgan fingerprint density at radius 2 is 2.14 bits per heavy atom. The van der Waals surface area contributed by atoms with Crippen molar-refractivity contribution >= 4 is 6.29 Å². The van der Waals surface area contributed by atoms with E-state index in [0.717, 1.165) is 12.7 Å². The van der Waals surface area contributed by atoms with E-state index in [4.69, 9.17) is 14.2 Å². The molecular formula is C10H12O4. The van der Waals surface area contributed by atoms with Gasteiger partial charge in [0.1, 0.15) is 11.9 Å². The molecule has 0 radical (unpaired) electrons. The van der Waals surface area contributed by atoms with Gasteiger partial charge in [-0.2, -0.15) is 0 Å². The van der Waals surface area contributed by atoms with E-state index in [2.05, 4.69) is 0 Å². The Labute approximate surface area is 81.8 Å². The molecule has 14 heavy (non-hydrogen) atoms. The minimum atomic E-state index is -0.636. The maximum Gasteiger partial charge on any atom is 0.191 e.